The fourth-order valence-corrected chi connectivity index (χ4v) is 3.12. The normalized spacial score (nSPS) is 10.3. The third-order valence-electron chi connectivity index (χ3n) is 3.46. The van der Waals surface area contributed by atoms with Crippen molar-refractivity contribution in [3.8, 4) is 6.07 Å². The number of hydrogen-bond donors (Lipinski definition) is 1. The molecule has 1 heterocycles. The monoisotopic (exact) mass is 333 g/mol. The Morgan fingerprint density at radius 2 is 1.79 bits per heavy atom. The molecule has 0 aliphatic heterocycles. The molecule has 0 aliphatic rings. The summed E-state index contributed by atoms with van der Waals surface area (Å²) in [7, 11) is 0. The van der Waals surface area contributed by atoms with Crippen LogP contribution in [0.2, 0.25) is 0 Å². The smallest absolute Gasteiger partial charge is 0.251 e. The van der Waals surface area contributed by atoms with E-state index >= 15 is 0 Å². The van der Waals surface area contributed by atoms with E-state index < -0.39 is 0 Å². The first-order valence-electron chi connectivity index (χ1n) is 7.49. The standard InChI is InChI=1S/C19H15N3OS/c20-12-15-6-8-16(9-7-15)13-24-19-21-17(11-18(23)22-19)10-14-4-2-1-3-5-14/h1-9,11H,10,13H2,(H,21,22,23). The van der Waals surface area contributed by atoms with Crippen LogP contribution in [-0.4, -0.2) is 9.97 Å². The summed E-state index contributed by atoms with van der Waals surface area (Å²) in [5.74, 6) is 0.684. The van der Waals surface area contributed by atoms with Crippen LogP contribution < -0.4 is 5.56 Å². The van der Waals surface area contributed by atoms with Crippen LogP contribution in [0.4, 0.5) is 0 Å². The Labute approximate surface area is 144 Å². The van der Waals surface area contributed by atoms with Gasteiger partial charge in [0, 0.05) is 18.2 Å². The van der Waals surface area contributed by atoms with E-state index in [-0.39, 0.29) is 5.56 Å². The SMILES string of the molecule is N#Cc1ccc(CSc2nc(Cc3ccccc3)cc(=O)[nH]2)cc1. The van der Waals surface area contributed by atoms with Gasteiger partial charge in [0.25, 0.3) is 5.56 Å². The van der Waals surface area contributed by atoms with Gasteiger partial charge in [0.15, 0.2) is 5.16 Å². The lowest BCUT2D eigenvalue weighted by Crippen LogP contribution is -2.10. The minimum absolute atomic E-state index is 0.141. The summed E-state index contributed by atoms with van der Waals surface area (Å²) in [6.45, 7) is 0. The number of thioether (sulfide) groups is 1. The number of rotatable bonds is 5. The lowest BCUT2D eigenvalue weighted by molar-refractivity contribution is 0.879. The number of nitrogens with one attached hydrogen (secondary N) is 1. The van der Waals surface area contributed by atoms with E-state index in [1.807, 2.05) is 42.5 Å². The molecular weight excluding hydrogens is 318 g/mol. The highest BCUT2D eigenvalue weighted by atomic mass is 32.2. The van der Waals surface area contributed by atoms with Crippen molar-refractivity contribution >= 4 is 11.8 Å². The van der Waals surface area contributed by atoms with Gasteiger partial charge in [0.2, 0.25) is 0 Å². The molecule has 0 aliphatic carbocycles. The second-order valence-corrected chi connectivity index (χ2v) is 6.27. The van der Waals surface area contributed by atoms with Gasteiger partial charge < -0.3 is 4.98 Å². The summed E-state index contributed by atoms with van der Waals surface area (Å²) >= 11 is 1.48. The third-order valence-corrected chi connectivity index (χ3v) is 4.40. The summed E-state index contributed by atoms with van der Waals surface area (Å²) in [5, 5.41) is 9.42. The van der Waals surface area contributed by atoms with Crippen molar-refractivity contribution in [3.05, 3.63) is 93.4 Å². The van der Waals surface area contributed by atoms with Crippen molar-refractivity contribution in [2.24, 2.45) is 0 Å². The Bertz CT molecular complexity index is 912. The molecular formula is C19H15N3OS. The molecule has 0 atom stereocenters. The van der Waals surface area contributed by atoms with Crippen LogP contribution in [0.1, 0.15) is 22.4 Å². The largest absolute Gasteiger partial charge is 0.301 e. The molecule has 0 saturated carbocycles. The lowest BCUT2D eigenvalue weighted by atomic mass is 10.1. The van der Waals surface area contributed by atoms with E-state index in [9.17, 15) is 4.79 Å². The molecule has 24 heavy (non-hydrogen) atoms. The van der Waals surface area contributed by atoms with Gasteiger partial charge in [0.1, 0.15) is 0 Å². The zero-order valence-electron chi connectivity index (χ0n) is 12.9. The van der Waals surface area contributed by atoms with Gasteiger partial charge >= 0.3 is 0 Å². The molecule has 1 N–H and O–H groups in total. The van der Waals surface area contributed by atoms with Crippen LogP contribution in [0.25, 0.3) is 0 Å². The number of benzene rings is 2. The molecule has 0 radical (unpaired) electrons. The Morgan fingerprint density at radius 1 is 1.04 bits per heavy atom. The number of H-pyrrole nitrogens is 1. The topological polar surface area (TPSA) is 69.5 Å². The second-order valence-electron chi connectivity index (χ2n) is 5.30. The van der Waals surface area contributed by atoms with Crippen molar-refractivity contribution in [1.29, 1.82) is 5.26 Å². The number of aromatic nitrogens is 2. The van der Waals surface area contributed by atoms with Gasteiger partial charge in [-0.2, -0.15) is 5.26 Å². The molecule has 0 amide bonds. The third kappa shape index (κ3) is 4.34. The zero-order valence-corrected chi connectivity index (χ0v) is 13.7. The molecule has 0 fully saturated rings. The molecule has 0 spiro atoms. The van der Waals surface area contributed by atoms with E-state index in [2.05, 4.69) is 16.0 Å². The molecule has 2 aromatic carbocycles. The fraction of sp³-hybridized carbons (Fsp3) is 0.105. The molecule has 3 aromatic rings. The van der Waals surface area contributed by atoms with E-state index in [1.54, 1.807) is 18.2 Å². The maximum absolute atomic E-state index is 11.9. The zero-order chi connectivity index (χ0) is 16.8. The highest BCUT2D eigenvalue weighted by Gasteiger charge is 2.04. The molecule has 0 unspecified atom stereocenters. The van der Waals surface area contributed by atoms with Crippen molar-refractivity contribution < 1.29 is 0 Å². The summed E-state index contributed by atoms with van der Waals surface area (Å²) in [4.78, 5) is 19.2. The van der Waals surface area contributed by atoms with Crippen molar-refractivity contribution in [3.63, 3.8) is 0 Å². The predicted octanol–water partition coefficient (Wildman–Crippen LogP) is 3.52. The van der Waals surface area contributed by atoms with Crippen LogP contribution in [0, 0.1) is 11.3 Å². The van der Waals surface area contributed by atoms with E-state index in [0.29, 0.717) is 22.9 Å². The Morgan fingerprint density at radius 3 is 2.50 bits per heavy atom. The molecule has 0 bridgehead atoms. The first-order chi connectivity index (χ1) is 11.7. The summed E-state index contributed by atoms with van der Waals surface area (Å²) in [5.41, 5.74) is 3.46. The summed E-state index contributed by atoms with van der Waals surface area (Å²) in [6, 6.07) is 21.0. The van der Waals surface area contributed by atoms with Crippen LogP contribution in [-0.2, 0) is 12.2 Å². The average Bonchev–Trinajstić information content (AvgIpc) is 2.61. The molecule has 5 heteroatoms. The quantitative estimate of drug-likeness (QED) is 0.573. The maximum Gasteiger partial charge on any atom is 0.251 e. The summed E-state index contributed by atoms with van der Waals surface area (Å²) < 4.78 is 0. The Balaban J connectivity index is 1.71. The average molecular weight is 333 g/mol. The first kappa shape index (κ1) is 16.0. The van der Waals surface area contributed by atoms with Crippen LogP contribution in [0.15, 0.2) is 70.6 Å². The minimum Gasteiger partial charge on any atom is -0.301 e. The lowest BCUT2D eigenvalue weighted by Gasteiger charge is -2.05. The predicted molar refractivity (Wildman–Crippen MR) is 94.8 cm³/mol. The number of aromatic amines is 1. The second kappa shape index (κ2) is 7.62. The molecule has 0 saturated heterocycles. The molecule has 4 nitrogen and oxygen atoms in total. The molecule has 118 valence electrons. The number of hydrogen-bond acceptors (Lipinski definition) is 4. The minimum atomic E-state index is -0.141. The van der Waals surface area contributed by atoms with Gasteiger partial charge in [-0.25, -0.2) is 4.98 Å². The number of nitriles is 1. The van der Waals surface area contributed by atoms with Gasteiger partial charge in [-0.3, -0.25) is 4.79 Å². The van der Waals surface area contributed by atoms with Crippen molar-refractivity contribution in [1.82, 2.24) is 9.97 Å². The van der Waals surface area contributed by atoms with Crippen LogP contribution in [0.3, 0.4) is 0 Å². The van der Waals surface area contributed by atoms with Crippen molar-refractivity contribution in [2.75, 3.05) is 0 Å². The van der Waals surface area contributed by atoms with E-state index in [0.717, 1.165) is 16.8 Å². The fourth-order valence-electron chi connectivity index (χ4n) is 2.27. The molecule has 1 aromatic heterocycles. The van der Waals surface area contributed by atoms with Gasteiger partial charge in [-0.1, -0.05) is 54.2 Å². The van der Waals surface area contributed by atoms with E-state index in [4.69, 9.17) is 5.26 Å². The van der Waals surface area contributed by atoms with Gasteiger partial charge in [-0.05, 0) is 23.3 Å². The first-order valence-corrected chi connectivity index (χ1v) is 8.47. The maximum atomic E-state index is 11.9. The van der Waals surface area contributed by atoms with Crippen LogP contribution >= 0.6 is 11.8 Å². The van der Waals surface area contributed by atoms with Gasteiger partial charge in [0.05, 0.1) is 17.3 Å². The highest BCUT2D eigenvalue weighted by Crippen LogP contribution is 2.19. The van der Waals surface area contributed by atoms with E-state index in [1.165, 1.54) is 11.8 Å². The highest BCUT2D eigenvalue weighted by molar-refractivity contribution is 7.98. The molecule has 3 rings (SSSR count). The Kier molecular flexibility index (Phi) is 5.09. The number of nitrogens with zero attached hydrogens (tertiary/aromatic N) is 2. The summed E-state index contributed by atoms with van der Waals surface area (Å²) in [6.07, 6.45) is 0.634. The van der Waals surface area contributed by atoms with Crippen LogP contribution in [0.5, 0.6) is 0 Å². The van der Waals surface area contributed by atoms with Gasteiger partial charge in [-0.15, -0.1) is 0 Å². The van der Waals surface area contributed by atoms with Crippen molar-refractivity contribution in [2.45, 2.75) is 17.3 Å². The Hall–Kier alpha value is -2.84.